The number of rotatable bonds is 6. The molecule has 2 amide bonds. The van der Waals surface area contributed by atoms with Crippen molar-refractivity contribution < 1.29 is 14.0 Å². The molecule has 0 bridgehead atoms. The van der Waals surface area contributed by atoms with Gasteiger partial charge in [0.25, 0.3) is 11.8 Å². The first-order valence-electron chi connectivity index (χ1n) is 10.1. The second-order valence-electron chi connectivity index (χ2n) is 7.84. The second-order valence-corrected chi connectivity index (χ2v) is 7.84. The summed E-state index contributed by atoms with van der Waals surface area (Å²) in [7, 11) is 0. The summed E-state index contributed by atoms with van der Waals surface area (Å²) in [6, 6.07) is 10.5. The van der Waals surface area contributed by atoms with Crippen molar-refractivity contribution in [3.63, 3.8) is 0 Å². The van der Waals surface area contributed by atoms with E-state index in [9.17, 15) is 14.0 Å². The van der Waals surface area contributed by atoms with Gasteiger partial charge >= 0.3 is 0 Å². The number of nitrogens with two attached hydrogens (primary N) is 1. The van der Waals surface area contributed by atoms with E-state index in [0.717, 1.165) is 24.9 Å². The highest BCUT2D eigenvalue weighted by molar-refractivity contribution is 6.05. The topological polar surface area (TPSA) is 84.2 Å². The fraction of sp³-hybridized carbons (Fsp3) is 0.391. The number of benzene rings is 2. The Morgan fingerprint density at radius 1 is 1.03 bits per heavy atom. The lowest BCUT2D eigenvalue weighted by Gasteiger charge is -2.28. The van der Waals surface area contributed by atoms with Gasteiger partial charge in [-0.2, -0.15) is 0 Å². The third-order valence-corrected chi connectivity index (χ3v) is 5.62. The number of hydrogen-bond acceptors (Lipinski definition) is 3. The number of amides is 2. The van der Waals surface area contributed by atoms with Gasteiger partial charge in [0.05, 0.1) is 0 Å². The Balaban J connectivity index is 1.57. The number of aryl methyl sites for hydroxylation is 1. The molecule has 29 heavy (non-hydrogen) atoms. The molecule has 2 atom stereocenters. The Morgan fingerprint density at radius 2 is 1.72 bits per heavy atom. The van der Waals surface area contributed by atoms with Gasteiger partial charge in [-0.25, -0.2) is 4.39 Å². The average molecular weight is 397 g/mol. The maximum absolute atomic E-state index is 13.0. The Bertz CT molecular complexity index is 867. The van der Waals surface area contributed by atoms with Crippen molar-refractivity contribution in [1.29, 1.82) is 0 Å². The van der Waals surface area contributed by atoms with Crippen molar-refractivity contribution in [3.8, 4) is 0 Å². The first-order valence-corrected chi connectivity index (χ1v) is 10.1. The molecule has 0 radical (unpaired) electrons. The molecule has 1 fully saturated rings. The first-order chi connectivity index (χ1) is 14.0. The van der Waals surface area contributed by atoms with Crippen molar-refractivity contribution in [2.75, 3.05) is 18.4 Å². The van der Waals surface area contributed by atoms with Gasteiger partial charge in [-0.15, -0.1) is 0 Å². The number of hydrogen-bond donors (Lipinski definition) is 3. The van der Waals surface area contributed by atoms with Crippen molar-refractivity contribution in [2.24, 2.45) is 17.6 Å². The number of halogens is 1. The average Bonchev–Trinajstić information content (AvgIpc) is 2.74. The highest BCUT2D eigenvalue weighted by atomic mass is 19.1. The van der Waals surface area contributed by atoms with Crippen LogP contribution in [0.5, 0.6) is 0 Å². The van der Waals surface area contributed by atoms with Crippen LogP contribution in [0, 0.1) is 24.6 Å². The van der Waals surface area contributed by atoms with E-state index in [1.807, 2.05) is 6.92 Å². The van der Waals surface area contributed by atoms with E-state index >= 15 is 0 Å². The number of nitrogens with one attached hydrogen (secondary N) is 2. The van der Waals surface area contributed by atoms with Gasteiger partial charge in [0.15, 0.2) is 0 Å². The van der Waals surface area contributed by atoms with Crippen molar-refractivity contribution in [1.82, 2.24) is 5.32 Å². The predicted octanol–water partition coefficient (Wildman–Crippen LogP) is 3.88. The zero-order valence-corrected chi connectivity index (χ0v) is 16.7. The van der Waals surface area contributed by atoms with Gasteiger partial charge < -0.3 is 16.4 Å². The Hall–Kier alpha value is -2.73. The van der Waals surface area contributed by atoms with Crippen molar-refractivity contribution >= 4 is 17.5 Å². The summed E-state index contributed by atoms with van der Waals surface area (Å²) in [6.07, 6.45) is 4.56. The van der Waals surface area contributed by atoms with E-state index in [2.05, 4.69) is 10.6 Å². The van der Waals surface area contributed by atoms with Crippen LogP contribution < -0.4 is 16.4 Å². The third kappa shape index (κ3) is 5.64. The van der Waals surface area contributed by atoms with E-state index < -0.39 is 0 Å². The van der Waals surface area contributed by atoms with Crippen LogP contribution in [0.4, 0.5) is 10.1 Å². The van der Waals surface area contributed by atoms with Crippen LogP contribution in [-0.4, -0.2) is 24.9 Å². The van der Waals surface area contributed by atoms with Gasteiger partial charge in [0, 0.05) is 23.4 Å². The molecule has 1 saturated carbocycles. The fourth-order valence-corrected chi connectivity index (χ4v) is 3.88. The fourth-order valence-electron chi connectivity index (χ4n) is 3.88. The molecule has 3 rings (SSSR count). The highest BCUT2D eigenvalue weighted by Crippen LogP contribution is 2.28. The van der Waals surface area contributed by atoms with Crippen molar-refractivity contribution in [3.05, 3.63) is 65.0 Å². The smallest absolute Gasteiger partial charge is 0.255 e. The lowest BCUT2D eigenvalue weighted by molar-refractivity contribution is 0.0939. The zero-order chi connectivity index (χ0) is 20.8. The van der Waals surface area contributed by atoms with E-state index in [4.69, 9.17) is 5.73 Å². The molecule has 2 unspecified atom stereocenters. The van der Waals surface area contributed by atoms with Gasteiger partial charge in [-0.1, -0.05) is 6.42 Å². The predicted molar refractivity (Wildman–Crippen MR) is 112 cm³/mol. The van der Waals surface area contributed by atoms with Crippen LogP contribution in [0.1, 0.15) is 52.0 Å². The van der Waals surface area contributed by atoms with Crippen LogP contribution in [0.15, 0.2) is 42.5 Å². The minimum Gasteiger partial charge on any atom is -0.352 e. The molecule has 1 aliphatic carbocycles. The van der Waals surface area contributed by atoms with Gasteiger partial charge in [-0.05, 0) is 92.6 Å². The lowest BCUT2D eigenvalue weighted by atomic mass is 9.81. The monoisotopic (exact) mass is 397 g/mol. The van der Waals surface area contributed by atoms with Crippen LogP contribution in [0.2, 0.25) is 0 Å². The maximum atomic E-state index is 13.0. The van der Waals surface area contributed by atoms with Crippen LogP contribution >= 0.6 is 0 Å². The summed E-state index contributed by atoms with van der Waals surface area (Å²) >= 11 is 0. The first kappa shape index (κ1) is 21.0. The molecule has 2 aromatic carbocycles. The SMILES string of the molecule is Cc1cc(C(=O)NCC2CCCC(CN)C2)ccc1NC(=O)c1ccc(F)cc1. The molecule has 154 valence electrons. The lowest BCUT2D eigenvalue weighted by Crippen LogP contribution is -2.33. The minimum atomic E-state index is -0.389. The van der Waals surface area contributed by atoms with E-state index in [0.29, 0.717) is 35.2 Å². The standard InChI is InChI=1S/C23H28FN3O2/c1-15-11-19(22(28)26-14-17-4-2-3-16(12-17)13-25)7-10-21(15)27-23(29)18-5-8-20(24)9-6-18/h5-11,16-17H,2-4,12-14,25H2,1H3,(H,26,28)(H,27,29). The quantitative estimate of drug-likeness (QED) is 0.692. The maximum Gasteiger partial charge on any atom is 0.255 e. The molecular weight excluding hydrogens is 369 g/mol. The number of carbonyl (C=O) groups excluding carboxylic acids is 2. The number of carbonyl (C=O) groups is 2. The molecule has 0 aromatic heterocycles. The highest BCUT2D eigenvalue weighted by Gasteiger charge is 2.21. The second kappa shape index (κ2) is 9.65. The van der Waals surface area contributed by atoms with Crippen LogP contribution in [0.25, 0.3) is 0 Å². The number of anilines is 1. The molecular formula is C23H28FN3O2. The molecule has 0 spiro atoms. The molecule has 4 N–H and O–H groups in total. The van der Waals surface area contributed by atoms with Crippen LogP contribution in [-0.2, 0) is 0 Å². The van der Waals surface area contributed by atoms with Crippen LogP contribution in [0.3, 0.4) is 0 Å². The van der Waals surface area contributed by atoms with Gasteiger partial charge in [0.1, 0.15) is 5.82 Å². The van der Waals surface area contributed by atoms with Gasteiger partial charge in [-0.3, -0.25) is 9.59 Å². The van der Waals surface area contributed by atoms with E-state index in [-0.39, 0.29) is 17.6 Å². The van der Waals surface area contributed by atoms with E-state index in [1.165, 1.54) is 37.1 Å². The van der Waals surface area contributed by atoms with E-state index in [1.54, 1.807) is 18.2 Å². The molecule has 0 saturated heterocycles. The zero-order valence-electron chi connectivity index (χ0n) is 16.7. The summed E-state index contributed by atoms with van der Waals surface area (Å²) in [5.41, 5.74) is 8.13. The Morgan fingerprint density at radius 3 is 2.41 bits per heavy atom. The summed E-state index contributed by atoms with van der Waals surface area (Å²) in [5, 5.41) is 5.83. The van der Waals surface area contributed by atoms with Crippen molar-refractivity contribution in [2.45, 2.75) is 32.6 Å². The summed E-state index contributed by atoms with van der Waals surface area (Å²) in [4.78, 5) is 24.8. The molecule has 5 nitrogen and oxygen atoms in total. The minimum absolute atomic E-state index is 0.112. The molecule has 0 heterocycles. The molecule has 1 aliphatic rings. The summed E-state index contributed by atoms with van der Waals surface area (Å²) in [6.45, 7) is 3.22. The Kier molecular flexibility index (Phi) is 6.99. The summed E-state index contributed by atoms with van der Waals surface area (Å²) in [5.74, 6) is 0.227. The van der Waals surface area contributed by atoms with Gasteiger partial charge in [0.2, 0.25) is 0 Å². The molecule has 6 heteroatoms. The normalized spacial score (nSPS) is 18.9. The molecule has 2 aromatic rings. The largest absolute Gasteiger partial charge is 0.352 e. The Labute approximate surface area is 170 Å². The third-order valence-electron chi connectivity index (χ3n) is 5.62. The molecule has 0 aliphatic heterocycles. The summed E-state index contributed by atoms with van der Waals surface area (Å²) < 4.78 is 13.0.